The highest BCUT2D eigenvalue weighted by molar-refractivity contribution is 5.99. The number of carbonyl (C=O) groups excluding carboxylic acids is 3. The second-order valence-electron chi connectivity index (χ2n) is 10.0. The van der Waals surface area contributed by atoms with Gasteiger partial charge in [-0.1, -0.05) is 54.6 Å². The molecule has 2 amide bonds. The van der Waals surface area contributed by atoms with E-state index >= 15 is 0 Å². The number of allylic oxidation sites excluding steroid dienone is 1. The molecule has 2 fully saturated rings. The minimum atomic E-state index is -1.23. The third kappa shape index (κ3) is 4.37. The molecule has 4 heterocycles. The second-order valence-corrected chi connectivity index (χ2v) is 10.0. The quantitative estimate of drug-likeness (QED) is 0.355. The van der Waals surface area contributed by atoms with Crippen LogP contribution >= 0.6 is 0 Å². The molecule has 1 aromatic rings. The summed E-state index contributed by atoms with van der Waals surface area (Å²) in [6.45, 7) is 1.56. The molecule has 5 rings (SSSR count). The zero-order chi connectivity index (χ0) is 25.1. The Bertz CT molecular complexity index is 1040. The molecule has 4 aliphatic heterocycles. The van der Waals surface area contributed by atoms with Crippen LogP contribution in [0.5, 0.6) is 0 Å². The number of carbonyl (C=O) groups is 3. The van der Waals surface area contributed by atoms with Gasteiger partial charge in [0.2, 0.25) is 11.8 Å². The van der Waals surface area contributed by atoms with Gasteiger partial charge in [0, 0.05) is 26.2 Å². The topological polar surface area (TPSA) is 96.4 Å². The van der Waals surface area contributed by atoms with Crippen LogP contribution in [0, 0.1) is 11.8 Å². The summed E-state index contributed by atoms with van der Waals surface area (Å²) in [7, 11) is 0. The van der Waals surface area contributed by atoms with Crippen LogP contribution in [0.3, 0.4) is 0 Å². The molecule has 8 nitrogen and oxygen atoms in total. The van der Waals surface area contributed by atoms with Crippen molar-refractivity contribution in [1.29, 1.82) is 0 Å². The average molecular weight is 495 g/mol. The van der Waals surface area contributed by atoms with Crippen LogP contribution in [0.4, 0.5) is 0 Å². The lowest BCUT2D eigenvalue weighted by Gasteiger charge is -2.35. The van der Waals surface area contributed by atoms with Crippen LogP contribution in [0.2, 0.25) is 0 Å². The Morgan fingerprint density at radius 3 is 2.67 bits per heavy atom. The van der Waals surface area contributed by atoms with E-state index in [1.54, 1.807) is 9.80 Å². The fraction of sp³-hybridized carbons (Fsp3) is 0.536. The van der Waals surface area contributed by atoms with Gasteiger partial charge in [0.1, 0.15) is 17.6 Å². The normalized spacial score (nSPS) is 32.6. The molecule has 1 aromatic carbocycles. The summed E-state index contributed by atoms with van der Waals surface area (Å²) < 4.78 is 12.1. The molecule has 1 unspecified atom stereocenters. The third-order valence-corrected chi connectivity index (χ3v) is 7.71. The first-order chi connectivity index (χ1) is 17.6. The summed E-state index contributed by atoms with van der Waals surface area (Å²) in [6, 6.07) is 8.91. The maximum Gasteiger partial charge on any atom is 0.312 e. The SMILES string of the molecule is O=C1OCCC/C=C\[C@@H]2O[C@]34C=CCN(Cc5ccccc5)C(=O)C3N(CCCCCO)C(=O)[C@@H]4[C@H]12. The molecule has 0 bridgehead atoms. The van der Waals surface area contributed by atoms with E-state index in [0.717, 1.165) is 24.8 Å². The lowest BCUT2D eigenvalue weighted by atomic mass is 9.78. The van der Waals surface area contributed by atoms with Gasteiger partial charge in [0.25, 0.3) is 0 Å². The number of likely N-dealkylation sites (tertiary alicyclic amines) is 1. The van der Waals surface area contributed by atoms with E-state index < -0.39 is 35.6 Å². The summed E-state index contributed by atoms with van der Waals surface area (Å²) in [5.41, 5.74) is -0.226. The fourth-order valence-corrected chi connectivity index (χ4v) is 6.06. The number of ether oxygens (including phenoxy) is 2. The summed E-state index contributed by atoms with van der Waals surface area (Å²) in [4.78, 5) is 44.7. The summed E-state index contributed by atoms with van der Waals surface area (Å²) in [5.74, 6) is -2.47. The number of cyclic esters (lactones) is 1. The van der Waals surface area contributed by atoms with Crippen LogP contribution in [0.15, 0.2) is 54.6 Å². The van der Waals surface area contributed by atoms with E-state index in [4.69, 9.17) is 9.47 Å². The van der Waals surface area contributed by atoms with E-state index in [1.807, 2.05) is 54.6 Å². The predicted molar refractivity (Wildman–Crippen MR) is 131 cm³/mol. The Hall–Kier alpha value is -2.97. The van der Waals surface area contributed by atoms with E-state index in [1.165, 1.54) is 0 Å². The van der Waals surface area contributed by atoms with Crippen LogP contribution in [-0.4, -0.2) is 76.7 Å². The van der Waals surface area contributed by atoms with Crippen LogP contribution < -0.4 is 0 Å². The molecule has 0 saturated carbocycles. The summed E-state index contributed by atoms with van der Waals surface area (Å²) >= 11 is 0. The monoisotopic (exact) mass is 494 g/mol. The number of esters is 1. The average Bonchev–Trinajstić information content (AvgIpc) is 3.29. The Morgan fingerprint density at radius 2 is 1.86 bits per heavy atom. The Labute approximate surface area is 211 Å². The minimum Gasteiger partial charge on any atom is -0.465 e. The Balaban J connectivity index is 1.52. The van der Waals surface area contributed by atoms with Gasteiger partial charge in [-0.25, -0.2) is 0 Å². The first-order valence-electron chi connectivity index (χ1n) is 13.0. The van der Waals surface area contributed by atoms with Crippen molar-refractivity contribution >= 4 is 17.8 Å². The number of unbranched alkanes of at least 4 members (excludes halogenated alkanes) is 2. The zero-order valence-electron chi connectivity index (χ0n) is 20.5. The highest BCUT2D eigenvalue weighted by Gasteiger charge is 2.71. The highest BCUT2D eigenvalue weighted by atomic mass is 16.6. The molecule has 0 aromatic heterocycles. The molecule has 0 aliphatic carbocycles. The Morgan fingerprint density at radius 1 is 1.03 bits per heavy atom. The molecule has 36 heavy (non-hydrogen) atoms. The molecule has 0 radical (unpaired) electrons. The van der Waals surface area contributed by atoms with Crippen molar-refractivity contribution in [2.75, 3.05) is 26.3 Å². The van der Waals surface area contributed by atoms with E-state index in [0.29, 0.717) is 39.1 Å². The number of hydrogen-bond acceptors (Lipinski definition) is 6. The summed E-state index contributed by atoms with van der Waals surface area (Å²) in [6.07, 6.45) is 10.5. The number of amides is 2. The first kappa shape index (κ1) is 24.7. The van der Waals surface area contributed by atoms with Gasteiger partial charge in [-0.05, 0) is 37.7 Å². The predicted octanol–water partition coefficient (Wildman–Crippen LogP) is 2.22. The lowest BCUT2D eigenvalue weighted by molar-refractivity contribution is -0.154. The van der Waals surface area contributed by atoms with Crippen molar-refractivity contribution < 1.29 is 29.0 Å². The zero-order valence-corrected chi connectivity index (χ0v) is 20.5. The van der Waals surface area contributed by atoms with Crippen molar-refractivity contribution in [1.82, 2.24) is 9.80 Å². The maximum atomic E-state index is 14.1. The maximum absolute atomic E-state index is 14.1. The van der Waals surface area contributed by atoms with Crippen LogP contribution in [0.25, 0.3) is 0 Å². The van der Waals surface area contributed by atoms with Crippen molar-refractivity contribution in [3.05, 3.63) is 60.2 Å². The number of nitrogens with zero attached hydrogens (tertiary/aromatic N) is 2. The van der Waals surface area contributed by atoms with Gasteiger partial charge in [-0.3, -0.25) is 14.4 Å². The van der Waals surface area contributed by atoms with Gasteiger partial charge < -0.3 is 24.4 Å². The van der Waals surface area contributed by atoms with E-state index in [9.17, 15) is 19.5 Å². The molecule has 2 saturated heterocycles. The number of benzene rings is 1. The van der Waals surface area contributed by atoms with Crippen molar-refractivity contribution in [3.8, 4) is 0 Å². The molecule has 192 valence electrons. The van der Waals surface area contributed by atoms with Crippen molar-refractivity contribution in [2.45, 2.75) is 56.4 Å². The summed E-state index contributed by atoms with van der Waals surface area (Å²) in [5, 5.41) is 9.18. The molecule has 1 spiro atoms. The number of rotatable bonds is 7. The lowest BCUT2D eigenvalue weighted by Crippen LogP contribution is -2.55. The van der Waals surface area contributed by atoms with E-state index in [-0.39, 0.29) is 18.4 Å². The van der Waals surface area contributed by atoms with Gasteiger partial charge in [-0.2, -0.15) is 0 Å². The Kier molecular flexibility index (Phi) is 7.25. The number of fused-ring (bicyclic) bond motifs is 2. The number of hydrogen-bond donors (Lipinski definition) is 1. The standard InChI is InChI=1S/C28H34N2O6/c31-17-8-3-7-16-30-24-26(33)29(19-20-11-4-1-5-12-20)15-10-14-28(24)23(25(30)32)22-21(36-28)13-6-2-9-18-35-27(22)34/h1,4-6,10-14,21-24,31H,2-3,7-9,15-19H2/b13-6-/t21-,22+,23-,24?,28-/m0/s1. The van der Waals surface area contributed by atoms with Crippen molar-refractivity contribution in [3.63, 3.8) is 0 Å². The smallest absolute Gasteiger partial charge is 0.312 e. The molecule has 1 N–H and O–H groups in total. The highest BCUT2D eigenvalue weighted by Crippen LogP contribution is 2.53. The van der Waals surface area contributed by atoms with E-state index in [2.05, 4.69) is 0 Å². The van der Waals surface area contributed by atoms with Gasteiger partial charge in [0.15, 0.2) is 0 Å². The van der Waals surface area contributed by atoms with Gasteiger partial charge >= 0.3 is 5.97 Å². The van der Waals surface area contributed by atoms with Crippen molar-refractivity contribution in [2.24, 2.45) is 11.8 Å². The van der Waals surface area contributed by atoms with Gasteiger partial charge in [0.05, 0.1) is 18.6 Å². The number of aliphatic hydroxyl groups is 1. The van der Waals surface area contributed by atoms with Gasteiger partial charge in [-0.15, -0.1) is 0 Å². The minimum absolute atomic E-state index is 0.0848. The second kappa shape index (κ2) is 10.6. The van der Waals surface area contributed by atoms with Crippen LogP contribution in [0.1, 0.15) is 37.7 Å². The molecule has 8 heteroatoms. The number of aliphatic hydroxyl groups excluding tert-OH is 1. The molecular weight excluding hydrogens is 460 g/mol. The fourth-order valence-electron chi connectivity index (χ4n) is 6.06. The first-order valence-corrected chi connectivity index (χ1v) is 13.0. The van der Waals surface area contributed by atoms with Crippen LogP contribution in [-0.2, 0) is 30.4 Å². The molecule has 5 atom stereocenters. The molecular formula is C28H34N2O6. The molecule has 4 aliphatic rings. The third-order valence-electron chi connectivity index (χ3n) is 7.71. The largest absolute Gasteiger partial charge is 0.465 e.